The molecule has 3 heterocycles. The van der Waals surface area contributed by atoms with Crippen molar-refractivity contribution in [3.63, 3.8) is 0 Å². The Morgan fingerprint density at radius 3 is 2.55 bits per heavy atom. The van der Waals surface area contributed by atoms with Crippen molar-refractivity contribution >= 4 is 5.95 Å². The molecular weight excluding hydrogens is 413 g/mol. The Hall–Kier alpha value is -3.24. The minimum Gasteiger partial charge on any atom is -0.469 e. The van der Waals surface area contributed by atoms with Crippen molar-refractivity contribution in [1.29, 1.82) is 0 Å². The number of ether oxygens (including phenoxy) is 2. The molecule has 0 radical (unpaired) electrons. The minimum absolute atomic E-state index is 0.0274. The zero-order chi connectivity index (χ0) is 21.8. The average molecular weight is 432 g/mol. The highest BCUT2D eigenvalue weighted by molar-refractivity contribution is 5.63. The molecular formula is C21H19F3N4O3. The summed E-state index contributed by atoms with van der Waals surface area (Å²) in [4.78, 5) is 12.0. The lowest BCUT2D eigenvalue weighted by Crippen LogP contribution is -2.39. The third-order valence-electron chi connectivity index (χ3n) is 4.68. The van der Waals surface area contributed by atoms with Crippen LogP contribution in [-0.2, 0) is 24.1 Å². The van der Waals surface area contributed by atoms with E-state index in [0.29, 0.717) is 18.4 Å². The summed E-state index contributed by atoms with van der Waals surface area (Å²) in [5.41, 5.74) is 2.10. The van der Waals surface area contributed by atoms with Crippen molar-refractivity contribution in [2.45, 2.75) is 25.4 Å². The van der Waals surface area contributed by atoms with Crippen LogP contribution in [0.4, 0.5) is 19.1 Å². The number of rotatable bonds is 7. The highest BCUT2D eigenvalue weighted by atomic mass is 19.4. The lowest BCUT2D eigenvalue weighted by Gasteiger charge is -2.27. The molecule has 1 aromatic carbocycles. The van der Waals surface area contributed by atoms with E-state index in [-0.39, 0.29) is 25.8 Å². The number of aromatic nitrogens is 3. The number of nitrogens with zero attached hydrogens (tertiary/aromatic N) is 3. The summed E-state index contributed by atoms with van der Waals surface area (Å²) in [5.74, 6) is -0.486. The van der Waals surface area contributed by atoms with Gasteiger partial charge < -0.3 is 19.9 Å². The predicted octanol–water partition coefficient (Wildman–Crippen LogP) is 3.44. The molecule has 162 valence electrons. The Kier molecular flexibility index (Phi) is 6.01. The minimum atomic E-state index is -4.62. The highest BCUT2D eigenvalue weighted by Gasteiger charge is 2.37. The first kappa shape index (κ1) is 21.0. The van der Waals surface area contributed by atoms with Crippen LogP contribution in [0.3, 0.4) is 0 Å². The van der Waals surface area contributed by atoms with Gasteiger partial charge in [-0.1, -0.05) is 30.3 Å². The number of nitrogens with one attached hydrogen (secondary N) is 1. The molecule has 1 aliphatic heterocycles. The van der Waals surface area contributed by atoms with Gasteiger partial charge in [0, 0.05) is 30.1 Å². The van der Waals surface area contributed by atoms with Crippen LogP contribution >= 0.6 is 0 Å². The third-order valence-corrected chi connectivity index (χ3v) is 4.68. The standard InChI is InChI=1S/C21H19F3N4O3/c22-21(23,24)17-9-27-20(28-19(17)31-16-11-30-12-16)26-8-13-3-5-14(6-4-13)18-15(10-29)2-1-7-25-18/h1-7,9,16,29H,8,10-12H2,(H,26,27,28). The molecule has 0 aliphatic carbocycles. The first-order valence-electron chi connectivity index (χ1n) is 9.50. The van der Waals surface area contributed by atoms with Gasteiger partial charge in [-0.25, -0.2) is 4.98 Å². The zero-order valence-electron chi connectivity index (χ0n) is 16.3. The predicted molar refractivity (Wildman–Crippen MR) is 105 cm³/mol. The first-order chi connectivity index (χ1) is 14.9. The van der Waals surface area contributed by atoms with Crippen LogP contribution < -0.4 is 10.1 Å². The van der Waals surface area contributed by atoms with Crippen molar-refractivity contribution in [1.82, 2.24) is 15.0 Å². The van der Waals surface area contributed by atoms with E-state index in [9.17, 15) is 18.3 Å². The summed E-state index contributed by atoms with van der Waals surface area (Å²) < 4.78 is 49.9. The monoisotopic (exact) mass is 432 g/mol. The number of hydrogen-bond donors (Lipinski definition) is 2. The van der Waals surface area contributed by atoms with Crippen LogP contribution in [0.5, 0.6) is 5.88 Å². The van der Waals surface area contributed by atoms with E-state index < -0.39 is 23.7 Å². The Morgan fingerprint density at radius 2 is 1.90 bits per heavy atom. The van der Waals surface area contributed by atoms with Gasteiger partial charge in [-0.3, -0.25) is 4.98 Å². The largest absolute Gasteiger partial charge is 0.469 e. The molecule has 0 unspecified atom stereocenters. The van der Waals surface area contributed by atoms with Crippen LogP contribution in [0.25, 0.3) is 11.3 Å². The average Bonchev–Trinajstić information content (AvgIpc) is 2.74. The smallest absolute Gasteiger partial charge is 0.423 e. The van der Waals surface area contributed by atoms with E-state index in [4.69, 9.17) is 9.47 Å². The van der Waals surface area contributed by atoms with E-state index in [1.165, 1.54) is 0 Å². The summed E-state index contributed by atoms with van der Waals surface area (Å²) in [5, 5.41) is 12.4. The SMILES string of the molecule is OCc1cccnc1-c1ccc(CNc2ncc(C(F)(F)F)c(OC3COC3)n2)cc1. The second kappa shape index (κ2) is 8.86. The molecule has 10 heteroatoms. The van der Waals surface area contributed by atoms with Gasteiger partial charge in [0.1, 0.15) is 11.7 Å². The summed E-state index contributed by atoms with van der Waals surface area (Å²) >= 11 is 0. The Bertz CT molecular complexity index is 1040. The van der Waals surface area contributed by atoms with Crippen LogP contribution in [0, 0.1) is 0 Å². The molecule has 2 N–H and O–H groups in total. The quantitative estimate of drug-likeness (QED) is 0.591. The maximum absolute atomic E-state index is 13.2. The number of aliphatic hydroxyl groups is 1. The van der Waals surface area contributed by atoms with E-state index in [0.717, 1.165) is 16.7 Å². The molecule has 0 spiro atoms. The van der Waals surface area contributed by atoms with Gasteiger partial charge in [0.25, 0.3) is 0 Å². The van der Waals surface area contributed by atoms with Crippen LogP contribution in [0.1, 0.15) is 16.7 Å². The van der Waals surface area contributed by atoms with E-state index >= 15 is 0 Å². The van der Waals surface area contributed by atoms with Crippen molar-refractivity contribution < 1.29 is 27.8 Å². The van der Waals surface area contributed by atoms with Gasteiger partial charge in [0.2, 0.25) is 11.8 Å². The third kappa shape index (κ3) is 4.92. The molecule has 0 saturated carbocycles. The van der Waals surface area contributed by atoms with Gasteiger partial charge in [0.05, 0.1) is 25.5 Å². The fourth-order valence-corrected chi connectivity index (χ4v) is 2.96. The molecule has 2 aromatic heterocycles. The summed E-state index contributed by atoms with van der Waals surface area (Å²) in [6, 6.07) is 11.0. The number of anilines is 1. The maximum atomic E-state index is 13.2. The molecule has 1 aliphatic rings. The van der Waals surface area contributed by atoms with E-state index in [2.05, 4.69) is 20.3 Å². The number of benzene rings is 1. The van der Waals surface area contributed by atoms with E-state index in [1.807, 2.05) is 24.3 Å². The Labute approximate surface area is 175 Å². The molecule has 1 fully saturated rings. The molecule has 1 saturated heterocycles. The molecule has 3 aromatic rings. The molecule has 0 amide bonds. The van der Waals surface area contributed by atoms with Gasteiger partial charge >= 0.3 is 6.18 Å². The molecule has 4 rings (SSSR count). The second-order valence-electron chi connectivity index (χ2n) is 6.91. The lowest BCUT2D eigenvalue weighted by atomic mass is 10.0. The first-order valence-corrected chi connectivity index (χ1v) is 9.50. The number of alkyl halides is 3. The van der Waals surface area contributed by atoms with Crippen molar-refractivity contribution in [3.05, 3.63) is 65.5 Å². The normalized spacial score (nSPS) is 14.2. The molecule has 31 heavy (non-hydrogen) atoms. The van der Waals surface area contributed by atoms with Gasteiger partial charge in [-0.2, -0.15) is 18.2 Å². The van der Waals surface area contributed by atoms with Gasteiger partial charge in [-0.05, 0) is 11.6 Å². The number of aliphatic hydroxyl groups excluding tert-OH is 1. The number of hydrogen-bond acceptors (Lipinski definition) is 7. The fraction of sp³-hybridized carbons (Fsp3) is 0.286. The summed E-state index contributed by atoms with van der Waals surface area (Å²) in [7, 11) is 0. The number of pyridine rings is 1. The Balaban J connectivity index is 1.46. The summed E-state index contributed by atoms with van der Waals surface area (Å²) in [6.45, 7) is 0.636. The summed E-state index contributed by atoms with van der Waals surface area (Å²) in [6.07, 6.45) is -2.70. The zero-order valence-corrected chi connectivity index (χ0v) is 16.3. The lowest BCUT2D eigenvalue weighted by molar-refractivity contribution is -0.142. The van der Waals surface area contributed by atoms with Crippen molar-refractivity contribution in [2.24, 2.45) is 0 Å². The molecule has 0 atom stereocenters. The molecule has 0 bridgehead atoms. The van der Waals surface area contributed by atoms with Crippen LogP contribution in [-0.4, -0.2) is 39.4 Å². The highest BCUT2D eigenvalue weighted by Crippen LogP contribution is 2.36. The van der Waals surface area contributed by atoms with Gasteiger partial charge in [-0.15, -0.1) is 0 Å². The van der Waals surface area contributed by atoms with Crippen molar-refractivity contribution in [3.8, 4) is 17.1 Å². The fourth-order valence-electron chi connectivity index (χ4n) is 2.96. The van der Waals surface area contributed by atoms with E-state index in [1.54, 1.807) is 18.3 Å². The van der Waals surface area contributed by atoms with Crippen LogP contribution in [0.2, 0.25) is 0 Å². The maximum Gasteiger partial charge on any atom is 0.423 e. The van der Waals surface area contributed by atoms with Crippen molar-refractivity contribution in [2.75, 3.05) is 18.5 Å². The second-order valence-corrected chi connectivity index (χ2v) is 6.91. The topological polar surface area (TPSA) is 89.4 Å². The van der Waals surface area contributed by atoms with Crippen LogP contribution in [0.15, 0.2) is 48.8 Å². The van der Waals surface area contributed by atoms with Gasteiger partial charge in [0.15, 0.2) is 0 Å². The Morgan fingerprint density at radius 1 is 1.13 bits per heavy atom. The molecule has 7 nitrogen and oxygen atoms in total. The number of halogens is 3.